The highest BCUT2D eigenvalue weighted by atomic mass is 15.1. The van der Waals surface area contributed by atoms with Crippen molar-refractivity contribution in [2.45, 2.75) is 13.8 Å². The monoisotopic (exact) mass is 916 g/mol. The number of fused-ring (bicyclic) bond motifs is 6. The minimum Gasteiger partial charge on any atom is -0.310 e. The molecule has 0 fully saturated rings. The van der Waals surface area contributed by atoms with E-state index in [-0.39, 0.29) is 0 Å². The lowest BCUT2D eigenvalue weighted by Gasteiger charge is -2.28. The van der Waals surface area contributed by atoms with E-state index in [0.717, 1.165) is 34.1 Å². The molecular formula is C70H48N2. The van der Waals surface area contributed by atoms with Crippen LogP contribution in [0.4, 0.5) is 34.1 Å². The van der Waals surface area contributed by atoms with Gasteiger partial charge >= 0.3 is 0 Å². The molecule has 0 aliphatic rings. The quantitative estimate of drug-likeness (QED) is 0.140. The van der Waals surface area contributed by atoms with Crippen LogP contribution in [-0.2, 0) is 0 Å². The predicted octanol–water partition coefficient (Wildman–Crippen LogP) is 20.1. The van der Waals surface area contributed by atoms with Gasteiger partial charge in [-0.2, -0.15) is 0 Å². The molecular weight excluding hydrogens is 869 g/mol. The van der Waals surface area contributed by atoms with Gasteiger partial charge < -0.3 is 9.80 Å². The Morgan fingerprint density at radius 3 is 0.958 bits per heavy atom. The molecule has 0 heterocycles. The van der Waals surface area contributed by atoms with Crippen molar-refractivity contribution < 1.29 is 0 Å². The second-order valence-electron chi connectivity index (χ2n) is 19.3. The molecule has 0 spiro atoms. The minimum atomic E-state index is 1.11. The third kappa shape index (κ3) is 6.64. The largest absolute Gasteiger partial charge is 0.310 e. The van der Waals surface area contributed by atoms with Crippen LogP contribution < -0.4 is 9.80 Å². The maximum Gasteiger partial charge on any atom is 0.0546 e. The van der Waals surface area contributed by atoms with Gasteiger partial charge in [0.05, 0.1) is 11.4 Å². The third-order valence-electron chi connectivity index (χ3n) is 15.2. The van der Waals surface area contributed by atoms with Crippen LogP contribution in [0.15, 0.2) is 255 Å². The molecule has 14 aromatic rings. The van der Waals surface area contributed by atoms with Gasteiger partial charge in [-0.05, 0) is 173 Å². The van der Waals surface area contributed by atoms with Gasteiger partial charge in [-0.1, -0.05) is 194 Å². The number of nitrogens with zero attached hydrogens (tertiary/aromatic N) is 2. The average molecular weight is 917 g/mol. The number of hydrogen-bond donors (Lipinski definition) is 0. The van der Waals surface area contributed by atoms with Gasteiger partial charge in [0.1, 0.15) is 0 Å². The highest BCUT2D eigenvalue weighted by Gasteiger charge is 2.22. The first kappa shape index (κ1) is 41.7. The average Bonchev–Trinajstić information content (AvgIpc) is 3.44. The van der Waals surface area contributed by atoms with Gasteiger partial charge in [-0.3, -0.25) is 0 Å². The lowest BCUT2D eigenvalue weighted by Crippen LogP contribution is -2.10. The molecule has 2 heteroatoms. The summed E-state index contributed by atoms with van der Waals surface area (Å²) in [4.78, 5) is 4.82. The summed E-state index contributed by atoms with van der Waals surface area (Å²) in [5, 5.41) is 17.7. The van der Waals surface area contributed by atoms with Crippen molar-refractivity contribution in [2.75, 3.05) is 9.80 Å². The third-order valence-corrected chi connectivity index (χ3v) is 15.2. The number of anilines is 6. The topological polar surface area (TPSA) is 6.48 Å². The van der Waals surface area contributed by atoms with Crippen LogP contribution in [0.3, 0.4) is 0 Å². The molecule has 0 radical (unpaired) electrons. The van der Waals surface area contributed by atoms with E-state index < -0.39 is 0 Å². The van der Waals surface area contributed by atoms with E-state index in [2.05, 4.69) is 278 Å². The van der Waals surface area contributed by atoms with Gasteiger partial charge in [-0.15, -0.1) is 0 Å². The fraction of sp³-hybridized carbons (Fsp3) is 0.0286. The van der Waals surface area contributed by atoms with Crippen molar-refractivity contribution in [1.82, 2.24) is 0 Å². The number of hydrogen-bond acceptors (Lipinski definition) is 2. The first-order valence-corrected chi connectivity index (χ1v) is 25.0. The van der Waals surface area contributed by atoms with E-state index in [0.29, 0.717) is 0 Å². The lowest BCUT2D eigenvalue weighted by molar-refractivity contribution is 1.30. The molecule has 0 aromatic heterocycles. The van der Waals surface area contributed by atoms with Crippen molar-refractivity contribution in [2.24, 2.45) is 0 Å². The Labute approximate surface area is 419 Å². The van der Waals surface area contributed by atoms with Crippen LogP contribution in [-0.4, -0.2) is 0 Å². The molecule has 14 rings (SSSR count). The molecule has 0 saturated heterocycles. The Morgan fingerprint density at radius 1 is 0.236 bits per heavy atom. The minimum absolute atomic E-state index is 1.11. The van der Waals surface area contributed by atoms with Gasteiger partial charge in [-0.25, -0.2) is 0 Å². The number of benzene rings is 14. The molecule has 0 unspecified atom stereocenters. The Bertz CT molecular complexity index is 4100. The summed E-state index contributed by atoms with van der Waals surface area (Å²) >= 11 is 0. The van der Waals surface area contributed by atoms with E-state index in [4.69, 9.17) is 0 Å². The smallest absolute Gasteiger partial charge is 0.0546 e. The Balaban J connectivity index is 0.886. The molecule has 0 atom stereocenters. The van der Waals surface area contributed by atoms with Crippen LogP contribution >= 0.6 is 0 Å². The lowest BCUT2D eigenvalue weighted by atomic mass is 9.84. The summed E-state index contributed by atoms with van der Waals surface area (Å²) in [6.45, 7) is 4.55. The van der Waals surface area contributed by atoms with Crippen LogP contribution in [0, 0.1) is 13.8 Å². The molecule has 72 heavy (non-hydrogen) atoms. The summed E-state index contributed by atoms with van der Waals surface area (Å²) in [6.07, 6.45) is 0. The summed E-state index contributed by atoms with van der Waals surface area (Å²) in [5.74, 6) is 0. The number of para-hydroxylation sites is 2. The molecule has 0 saturated carbocycles. The van der Waals surface area contributed by atoms with Crippen LogP contribution in [0.2, 0.25) is 0 Å². The maximum atomic E-state index is 2.41. The Hall–Kier alpha value is -9.24. The van der Waals surface area contributed by atoms with Crippen molar-refractivity contribution in [3.63, 3.8) is 0 Å². The van der Waals surface area contributed by atoms with Crippen LogP contribution in [0.5, 0.6) is 0 Å². The zero-order valence-electron chi connectivity index (χ0n) is 40.1. The van der Waals surface area contributed by atoms with E-state index in [9.17, 15) is 0 Å². The normalized spacial score (nSPS) is 11.8. The molecule has 0 N–H and O–H groups in total. The van der Waals surface area contributed by atoms with E-state index in [1.54, 1.807) is 0 Å². The second kappa shape index (κ2) is 16.7. The zero-order valence-corrected chi connectivity index (χ0v) is 40.1. The molecule has 0 bridgehead atoms. The predicted molar refractivity (Wildman–Crippen MR) is 310 cm³/mol. The van der Waals surface area contributed by atoms with Crippen LogP contribution in [0.1, 0.15) is 11.1 Å². The summed E-state index contributed by atoms with van der Waals surface area (Å²) in [6, 6.07) is 94.0. The van der Waals surface area contributed by atoms with Crippen molar-refractivity contribution in [1.29, 1.82) is 0 Å². The maximum absolute atomic E-state index is 2.41. The van der Waals surface area contributed by atoms with E-state index >= 15 is 0 Å². The van der Waals surface area contributed by atoms with E-state index in [1.165, 1.54) is 109 Å². The summed E-state index contributed by atoms with van der Waals surface area (Å²) in [7, 11) is 0. The molecule has 0 aliphatic carbocycles. The summed E-state index contributed by atoms with van der Waals surface area (Å²) in [5.41, 5.74) is 14.2. The molecule has 0 amide bonds. The standard InChI is InChI=1S/C70H48N2/c1-45-41-65(47-29-33-53(34-30-47)71(51-19-5-3-6-20-51)67-43-49-17-9-11-23-57(49)59-25-13-15-27-61(59)67)63-39-40-64-66(42-46(2)56-38-37-55(45)69(63)70(56)64)48-31-35-54(36-32-48)72(52-21-7-4-8-22-52)68-44-50-18-10-12-24-58(50)60-26-14-16-28-62(60)68/h3-44H,1-2H3. The molecule has 14 aromatic carbocycles. The summed E-state index contributed by atoms with van der Waals surface area (Å²) < 4.78 is 0. The van der Waals surface area contributed by atoms with Gasteiger partial charge in [0.15, 0.2) is 0 Å². The fourth-order valence-corrected chi connectivity index (χ4v) is 11.9. The Kier molecular flexibility index (Phi) is 9.69. The van der Waals surface area contributed by atoms with Crippen LogP contribution in [0.25, 0.3) is 97.7 Å². The van der Waals surface area contributed by atoms with Crippen molar-refractivity contribution >= 4 is 110 Å². The zero-order chi connectivity index (χ0) is 47.9. The molecule has 338 valence electrons. The highest BCUT2D eigenvalue weighted by molar-refractivity contribution is 6.29. The number of aryl methyl sites for hydroxylation is 2. The first-order valence-electron chi connectivity index (χ1n) is 25.0. The van der Waals surface area contributed by atoms with Crippen molar-refractivity contribution in [3.8, 4) is 22.3 Å². The van der Waals surface area contributed by atoms with Crippen molar-refractivity contribution in [3.05, 3.63) is 266 Å². The van der Waals surface area contributed by atoms with Gasteiger partial charge in [0.25, 0.3) is 0 Å². The first-order chi connectivity index (χ1) is 35.6. The fourth-order valence-electron chi connectivity index (χ4n) is 11.9. The molecule has 0 aliphatic heterocycles. The van der Waals surface area contributed by atoms with E-state index in [1.807, 2.05) is 0 Å². The number of rotatable bonds is 8. The highest BCUT2D eigenvalue weighted by Crippen LogP contribution is 2.48. The van der Waals surface area contributed by atoms with Gasteiger partial charge in [0.2, 0.25) is 0 Å². The SMILES string of the molecule is Cc1cc(-c2ccc(N(c3ccccc3)c3cc4ccccc4c4ccccc34)cc2)c2ccc3c(-c4ccc(N(c5ccccc5)c5cc6ccccc6c6ccccc56)cc4)cc(C)c4ccc1c2c43. The Morgan fingerprint density at radius 2 is 0.556 bits per heavy atom. The second-order valence-corrected chi connectivity index (χ2v) is 19.3. The van der Waals surface area contributed by atoms with Gasteiger partial charge in [0, 0.05) is 33.5 Å². The molecule has 2 nitrogen and oxygen atoms in total.